The van der Waals surface area contributed by atoms with Crippen LogP contribution in [-0.2, 0) is 4.79 Å². The molecule has 1 aliphatic heterocycles. The average Bonchev–Trinajstić information content (AvgIpc) is 2.95. The Morgan fingerprint density at radius 1 is 1.26 bits per heavy atom. The van der Waals surface area contributed by atoms with E-state index in [1.165, 1.54) is 0 Å². The lowest BCUT2D eigenvalue weighted by molar-refractivity contribution is -0.124. The number of benzene rings is 1. The molecule has 6 heteroatoms. The Labute approximate surface area is 136 Å². The summed E-state index contributed by atoms with van der Waals surface area (Å²) >= 11 is 0. The van der Waals surface area contributed by atoms with Crippen LogP contribution in [0.1, 0.15) is 24.2 Å². The molecule has 1 heterocycles. The SMILES string of the molecule is CC(C)C(NC(=O)c1ccccc1)C(=O)NCC1CNCC1O. The lowest BCUT2D eigenvalue weighted by atomic mass is 10.0. The molecule has 1 aromatic rings. The summed E-state index contributed by atoms with van der Waals surface area (Å²) < 4.78 is 0. The van der Waals surface area contributed by atoms with E-state index in [4.69, 9.17) is 0 Å². The van der Waals surface area contributed by atoms with Gasteiger partial charge in [-0.15, -0.1) is 0 Å². The molecule has 126 valence electrons. The van der Waals surface area contributed by atoms with Gasteiger partial charge in [0.25, 0.3) is 5.91 Å². The quantitative estimate of drug-likeness (QED) is 0.600. The molecule has 0 spiro atoms. The van der Waals surface area contributed by atoms with E-state index >= 15 is 0 Å². The summed E-state index contributed by atoms with van der Waals surface area (Å²) in [5, 5.41) is 18.5. The number of carbonyl (C=O) groups excluding carboxylic acids is 2. The largest absolute Gasteiger partial charge is 0.391 e. The molecular weight excluding hydrogens is 294 g/mol. The van der Waals surface area contributed by atoms with E-state index in [1.54, 1.807) is 24.3 Å². The molecule has 1 saturated heterocycles. The highest BCUT2D eigenvalue weighted by Crippen LogP contribution is 2.09. The highest BCUT2D eigenvalue weighted by atomic mass is 16.3. The fraction of sp³-hybridized carbons (Fsp3) is 0.529. The number of hydrogen-bond donors (Lipinski definition) is 4. The number of hydrogen-bond acceptors (Lipinski definition) is 4. The Kier molecular flexibility index (Phi) is 6.12. The molecule has 3 atom stereocenters. The van der Waals surface area contributed by atoms with Crippen LogP contribution in [0.2, 0.25) is 0 Å². The van der Waals surface area contributed by atoms with Crippen molar-refractivity contribution >= 4 is 11.8 Å². The molecule has 0 saturated carbocycles. The van der Waals surface area contributed by atoms with Crippen molar-refractivity contribution in [2.45, 2.75) is 26.0 Å². The molecule has 1 fully saturated rings. The van der Waals surface area contributed by atoms with Gasteiger partial charge in [0.2, 0.25) is 5.91 Å². The summed E-state index contributed by atoms with van der Waals surface area (Å²) in [4.78, 5) is 24.6. The standard InChI is InChI=1S/C17H25N3O3/c1-11(2)15(20-16(22)12-6-4-3-5-7-12)17(23)19-9-13-8-18-10-14(13)21/h3-7,11,13-15,18,21H,8-10H2,1-2H3,(H,19,23)(H,20,22). The third-order valence-electron chi connectivity index (χ3n) is 4.11. The highest BCUT2D eigenvalue weighted by Gasteiger charge is 2.28. The lowest BCUT2D eigenvalue weighted by Gasteiger charge is -2.23. The molecule has 1 aromatic carbocycles. The Hall–Kier alpha value is -1.92. The number of carbonyl (C=O) groups is 2. The van der Waals surface area contributed by atoms with Gasteiger partial charge >= 0.3 is 0 Å². The molecule has 0 bridgehead atoms. The molecule has 2 rings (SSSR count). The van der Waals surface area contributed by atoms with Crippen LogP contribution in [0.3, 0.4) is 0 Å². The second kappa shape index (κ2) is 8.08. The van der Waals surface area contributed by atoms with Crippen LogP contribution in [0.25, 0.3) is 0 Å². The summed E-state index contributed by atoms with van der Waals surface area (Å²) in [5.41, 5.74) is 0.529. The van der Waals surface area contributed by atoms with Gasteiger partial charge in [-0.1, -0.05) is 32.0 Å². The first-order valence-corrected chi connectivity index (χ1v) is 8.01. The zero-order chi connectivity index (χ0) is 16.8. The molecule has 4 N–H and O–H groups in total. The van der Waals surface area contributed by atoms with E-state index in [0.29, 0.717) is 25.2 Å². The van der Waals surface area contributed by atoms with Crippen molar-refractivity contribution < 1.29 is 14.7 Å². The molecular formula is C17H25N3O3. The van der Waals surface area contributed by atoms with Gasteiger partial charge < -0.3 is 21.1 Å². The normalized spacial score (nSPS) is 21.9. The monoisotopic (exact) mass is 319 g/mol. The highest BCUT2D eigenvalue weighted by molar-refractivity contribution is 5.97. The summed E-state index contributed by atoms with van der Waals surface area (Å²) in [6, 6.07) is 8.23. The summed E-state index contributed by atoms with van der Waals surface area (Å²) in [7, 11) is 0. The number of aliphatic hydroxyl groups excluding tert-OH is 1. The zero-order valence-electron chi connectivity index (χ0n) is 13.6. The predicted octanol–water partition coefficient (Wildman–Crippen LogP) is 0.138. The summed E-state index contributed by atoms with van der Waals surface area (Å²) in [6.07, 6.45) is -0.438. The molecule has 3 unspecified atom stereocenters. The van der Waals surface area contributed by atoms with Crippen LogP contribution in [0.4, 0.5) is 0 Å². The van der Waals surface area contributed by atoms with Gasteiger partial charge in [-0.2, -0.15) is 0 Å². The molecule has 0 aromatic heterocycles. The van der Waals surface area contributed by atoms with Crippen molar-refractivity contribution in [2.24, 2.45) is 11.8 Å². The molecule has 1 aliphatic rings. The third-order valence-corrected chi connectivity index (χ3v) is 4.11. The van der Waals surface area contributed by atoms with Crippen molar-refractivity contribution in [3.63, 3.8) is 0 Å². The second-order valence-electron chi connectivity index (χ2n) is 6.29. The van der Waals surface area contributed by atoms with Crippen LogP contribution in [0.15, 0.2) is 30.3 Å². The van der Waals surface area contributed by atoms with E-state index < -0.39 is 12.1 Å². The number of β-amino-alcohol motifs (C(OH)–C–C–N with tert-alkyl or cyclic N) is 1. The second-order valence-corrected chi connectivity index (χ2v) is 6.29. The van der Waals surface area contributed by atoms with E-state index in [-0.39, 0.29) is 23.7 Å². The smallest absolute Gasteiger partial charge is 0.251 e. The van der Waals surface area contributed by atoms with Crippen LogP contribution in [0.5, 0.6) is 0 Å². The van der Waals surface area contributed by atoms with Gasteiger partial charge in [0.1, 0.15) is 6.04 Å². The molecule has 23 heavy (non-hydrogen) atoms. The van der Waals surface area contributed by atoms with Gasteiger partial charge in [0.15, 0.2) is 0 Å². The van der Waals surface area contributed by atoms with Crippen LogP contribution in [0, 0.1) is 11.8 Å². The minimum Gasteiger partial charge on any atom is -0.391 e. The molecule has 2 amide bonds. The minimum absolute atomic E-state index is 0.0107. The van der Waals surface area contributed by atoms with Crippen LogP contribution >= 0.6 is 0 Å². The maximum Gasteiger partial charge on any atom is 0.251 e. The minimum atomic E-state index is -0.603. The van der Waals surface area contributed by atoms with E-state index in [1.807, 2.05) is 19.9 Å². The Morgan fingerprint density at radius 2 is 1.96 bits per heavy atom. The first kappa shape index (κ1) is 17.4. The van der Waals surface area contributed by atoms with Crippen LogP contribution < -0.4 is 16.0 Å². The van der Waals surface area contributed by atoms with Crippen molar-refractivity contribution in [2.75, 3.05) is 19.6 Å². The molecule has 0 radical (unpaired) electrons. The van der Waals surface area contributed by atoms with Crippen molar-refractivity contribution in [1.29, 1.82) is 0 Å². The number of nitrogens with one attached hydrogen (secondary N) is 3. The van der Waals surface area contributed by atoms with Gasteiger partial charge in [0, 0.05) is 31.1 Å². The summed E-state index contributed by atoms with van der Waals surface area (Å²) in [5.74, 6) is -0.503. The van der Waals surface area contributed by atoms with E-state index in [9.17, 15) is 14.7 Å². The average molecular weight is 319 g/mol. The fourth-order valence-corrected chi connectivity index (χ4v) is 2.62. The predicted molar refractivity (Wildman–Crippen MR) is 87.9 cm³/mol. The number of rotatable bonds is 6. The van der Waals surface area contributed by atoms with Gasteiger partial charge in [-0.25, -0.2) is 0 Å². The Bertz CT molecular complexity index is 533. The van der Waals surface area contributed by atoms with Crippen molar-refractivity contribution in [3.05, 3.63) is 35.9 Å². The number of aliphatic hydroxyl groups is 1. The van der Waals surface area contributed by atoms with Gasteiger partial charge in [-0.3, -0.25) is 9.59 Å². The Balaban J connectivity index is 1.92. The topological polar surface area (TPSA) is 90.5 Å². The molecule has 6 nitrogen and oxygen atoms in total. The fourth-order valence-electron chi connectivity index (χ4n) is 2.62. The first-order chi connectivity index (χ1) is 11.0. The van der Waals surface area contributed by atoms with E-state index in [2.05, 4.69) is 16.0 Å². The molecule has 0 aliphatic carbocycles. The van der Waals surface area contributed by atoms with Crippen LogP contribution in [-0.4, -0.2) is 48.7 Å². The first-order valence-electron chi connectivity index (χ1n) is 8.01. The lowest BCUT2D eigenvalue weighted by Crippen LogP contribution is -2.51. The van der Waals surface area contributed by atoms with Gasteiger partial charge in [-0.05, 0) is 18.1 Å². The van der Waals surface area contributed by atoms with Gasteiger partial charge in [0.05, 0.1) is 6.10 Å². The number of amides is 2. The van der Waals surface area contributed by atoms with Crippen molar-refractivity contribution in [3.8, 4) is 0 Å². The van der Waals surface area contributed by atoms with E-state index in [0.717, 1.165) is 0 Å². The zero-order valence-corrected chi connectivity index (χ0v) is 13.6. The Morgan fingerprint density at radius 3 is 2.52 bits per heavy atom. The maximum atomic E-state index is 12.4. The van der Waals surface area contributed by atoms with Crippen molar-refractivity contribution in [1.82, 2.24) is 16.0 Å². The third kappa shape index (κ3) is 4.77. The maximum absolute atomic E-state index is 12.4. The summed E-state index contributed by atoms with van der Waals surface area (Å²) in [6.45, 7) is 5.42.